The molecule has 1 rings (SSSR count). The number of hydrogen-bond donors (Lipinski definition) is 2. The highest BCUT2D eigenvalue weighted by atomic mass is 79.9. The van der Waals surface area contributed by atoms with Crippen LogP contribution in [-0.2, 0) is 0 Å². The van der Waals surface area contributed by atoms with E-state index in [1.807, 2.05) is 0 Å². The number of carbonyl (C=O) groups is 1. The quantitative estimate of drug-likeness (QED) is 0.639. The van der Waals surface area contributed by atoms with E-state index in [9.17, 15) is 9.90 Å². The van der Waals surface area contributed by atoms with E-state index in [2.05, 4.69) is 27.8 Å². The largest absolute Gasteiger partial charge is 0.507 e. The van der Waals surface area contributed by atoms with Gasteiger partial charge in [-0.15, -0.1) is 0 Å². The van der Waals surface area contributed by atoms with Crippen molar-refractivity contribution in [2.45, 2.75) is 6.42 Å². The summed E-state index contributed by atoms with van der Waals surface area (Å²) in [6.45, 7) is 0. The fourth-order valence-electron chi connectivity index (χ4n) is 1.00. The van der Waals surface area contributed by atoms with Crippen LogP contribution in [0.1, 0.15) is 22.3 Å². The van der Waals surface area contributed by atoms with Crippen molar-refractivity contribution in [2.24, 2.45) is 0 Å². The van der Waals surface area contributed by atoms with Crippen LogP contribution in [0.4, 0.5) is 0 Å². The van der Waals surface area contributed by atoms with Gasteiger partial charge in [0.05, 0.1) is 0 Å². The molecule has 0 radical (unpaired) electrons. The van der Waals surface area contributed by atoms with Crippen molar-refractivity contribution in [3.8, 4) is 17.6 Å². The molecule has 0 fully saturated rings. The molecule has 2 N–H and O–H groups in total. The summed E-state index contributed by atoms with van der Waals surface area (Å²) in [7, 11) is 0. The van der Waals surface area contributed by atoms with Gasteiger partial charge in [-0.05, 0) is 18.2 Å². The Morgan fingerprint density at radius 3 is 2.73 bits per heavy atom. The fraction of sp³-hybridized carbons (Fsp3) is 0.182. The highest BCUT2D eigenvalue weighted by molar-refractivity contribution is 9.09. The SMILES string of the molecule is O=C(O)c1ccc(C#CCCBr)cc1O. The van der Waals surface area contributed by atoms with Gasteiger partial charge in [0.15, 0.2) is 0 Å². The van der Waals surface area contributed by atoms with Crippen LogP contribution in [0.15, 0.2) is 18.2 Å². The summed E-state index contributed by atoms with van der Waals surface area (Å²) >= 11 is 3.24. The number of hydrogen-bond acceptors (Lipinski definition) is 2. The predicted molar refractivity (Wildman–Crippen MR) is 60.4 cm³/mol. The lowest BCUT2D eigenvalue weighted by Crippen LogP contribution is -1.96. The van der Waals surface area contributed by atoms with Crippen LogP contribution >= 0.6 is 15.9 Å². The van der Waals surface area contributed by atoms with Gasteiger partial charge in [0.2, 0.25) is 0 Å². The first-order chi connectivity index (χ1) is 7.15. The second-order valence-corrected chi connectivity index (χ2v) is 3.57. The van der Waals surface area contributed by atoms with E-state index < -0.39 is 5.97 Å². The molecule has 0 aromatic heterocycles. The number of carboxylic acids is 1. The van der Waals surface area contributed by atoms with Crippen LogP contribution in [-0.4, -0.2) is 21.5 Å². The summed E-state index contributed by atoms with van der Waals surface area (Å²) in [4.78, 5) is 10.6. The third kappa shape index (κ3) is 3.30. The molecule has 0 aliphatic carbocycles. The lowest BCUT2D eigenvalue weighted by molar-refractivity contribution is 0.0694. The number of rotatable bonds is 2. The highest BCUT2D eigenvalue weighted by Crippen LogP contribution is 2.18. The van der Waals surface area contributed by atoms with Crippen LogP contribution in [0.25, 0.3) is 0 Å². The number of benzene rings is 1. The molecule has 4 heteroatoms. The number of alkyl halides is 1. The lowest BCUT2D eigenvalue weighted by atomic mass is 10.1. The van der Waals surface area contributed by atoms with Crippen molar-refractivity contribution in [1.29, 1.82) is 0 Å². The van der Waals surface area contributed by atoms with Gasteiger partial charge in [-0.3, -0.25) is 0 Å². The zero-order valence-electron chi connectivity index (χ0n) is 7.83. The molecule has 0 aliphatic rings. The minimum absolute atomic E-state index is 0.110. The number of aromatic hydroxyl groups is 1. The van der Waals surface area contributed by atoms with E-state index in [0.29, 0.717) is 12.0 Å². The zero-order chi connectivity index (χ0) is 11.3. The van der Waals surface area contributed by atoms with Gasteiger partial charge in [-0.25, -0.2) is 4.79 Å². The van der Waals surface area contributed by atoms with Crippen molar-refractivity contribution in [1.82, 2.24) is 0 Å². The van der Waals surface area contributed by atoms with Crippen molar-refractivity contribution in [2.75, 3.05) is 5.33 Å². The molecule has 3 nitrogen and oxygen atoms in total. The van der Waals surface area contributed by atoms with E-state index >= 15 is 0 Å². The molecular formula is C11H9BrO3. The van der Waals surface area contributed by atoms with Crippen LogP contribution in [0.5, 0.6) is 5.75 Å². The molecule has 0 spiro atoms. The molecule has 0 aliphatic heterocycles. The lowest BCUT2D eigenvalue weighted by Gasteiger charge is -1.98. The molecule has 1 aromatic carbocycles. The standard InChI is InChI=1S/C11H9BrO3/c12-6-2-1-3-8-4-5-9(11(14)15)10(13)7-8/h4-5,7,13H,2,6H2,(H,14,15). The van der Waals surface area contributed by atoms with E-state index in [1.54, 1.807) is 6.07 Å². The van der Waals surface area contributed by atoms with E-state index in [4.69, 9.17) is 5.11 Å². The minimum atomic E-state index is -1.15. The first-order valence-electron chi connectivity index (χ1n) is 4.26. The molecule has 0 heterocycles. The maximum atomic E-state index is 10.6. The Bertz CT molecular complexity index is 429. The van der Waals surface area contributed by atoms with Crippen LogP contribution < -0.4 is 0 Å². The summed E-state index contributed by atoms with van der Waals surface area (Å²) in [5.74, 6) is 4.29. The molecule has 0 atom stereocenters. The van der Waals surface area contributed by atoms with Crippen molar-refractivity contribution >= 4 is 21.9 Å². The number of phenols is 1. The molecule has 0 saturated heterocycles. The predicted octanol–water partition coefficient (Wildman–Crippen LogP) is 2.23. The van der Waals surface area contributed by atoms with Crippen LogP contribution in [0.2, 0.25) is 0 Å². The minimum Gasteiger partial charge on any atom is -0.507 e. The highest BCUT2D eigenvalue weighted by Gasteiger charge is 2.08. The Hall–Kier alpha value is -1.47. The van der Waals surface area contributed by atoms with Gasteiger partial charge >= 0.3 is 5.97 Å². The Morgan fingerprint density at radius 2 is 2.20 bits per heavy atom. The van der Waals surface area contributed by atoms with E-state index in [-0.39, 0.29) is 11.3 Å². The zero-order valence-corrected chi connectivity index (χ0v) is 9.41. The topological polar surface area (TPSA) is 57.5 Å². The molecule has 0 bridgehead atoms. The number of halogens is 1. The second-order valence-electron chi connectivity index (χ2n) is 2.78. The fourth-order valence-corrected chi connectivity index (χ4v) is 1.20. The van der Waals surface area contributed by atoms with E-state index in [1.165, 1.54) is 12.1 Å². The van der Waals surface area contributed by atoms with Gasteiger partial charge < -0.3 is 10.2 Å². The first kappa shape index (κ1) is 11.6. The molecule has 0 saturated carbocycles. The van der Waals surface area contributed by atoms with Gasteiger partial charge in [0.1, 0.15) is 11.3 Å². The van der Waals surface area contributed by atoms with Crippen molar-refractivity contribution in [3.63, 3.8) is 0 Å². The molecule has 15 heavy (non-hydrogen) atoms. The Morgan fingerprint density at radius 1 is 1.47 bits per heavy atom. The number of carboxylic acid groups (broad SMARTS) is 1. The summed E-state index contributed by atoms with van der Waals surface area (Å²) in [5.41, 5.74) is 0.500. The normalized spacial score (nSPS) is 9.13. The summed E-state index contributed by atoms with van der Waals surface area (Å²) in [6, 6.07) is 4.27. The van der Waals surface area contributed by atoms with Crippen LogP contribution in [0.3, 0.4) is 0 Å². The number of aromatic carboxylic acids is 1. The molecule has 0 amide bonds. The molecular weight excluding hydrogens is 260 g/mol. The summed E-state index contributed by atoms with van der Waals surface area (Å²) in [6.07, 6.45) is 0.710. The van der Waals surface area contributed by atoms with E-state index in [0.717, 1.165) is 5.33 Å². The van der Waals surface area contributed by atoms with Crippen molar-refractivity contribution in [3.05, 3.63) is 29.3 Å². The van der Waals surface area contributed by atoms with Gasteiger partial charge in [-0.2, -0.15) is 0 Å². The summed E-state index contributed by atoms with van der Waals surface area (Å²) < 4.78 is 0. The molecule has 1 aromatic rings. The van der Waals surface area contributed by atoms with Gasteiger partial charge in [-0.1, -0.05) is 27.8 Å². The average Bonchev–Trinajstić information content (AvgIpc) is 2.17. The Balaban J connectivity index is 2.93. The first-order valence-corrected chi connectivity index (χ1v) is 5.38. The maximum Gasteiger partial charge on any atom is 0.339 e. The van der Waals surface area contributed by atoms with Gasteiger partial charge in [0.25, 0.3) is 0 Å². The average molecular weight is 269 g/mol. The Kier molecular flexibility index (Phi) is 4.19. The third-order valence-electron chi connectivity index (χ3n) is 1.68. The molecule has 78 valence electrons. The molecule has 0 unspecified atom stereocenters. The van der Waals surface area contributed by atoms with Crippen molar-refractivity contribution < 1.29 is 15.0 Å². The van der Waals surface area contributed by atoms with Crippen LogP contribution in [0, 0.1) is 11.8 Å². The third-order valence-corrected chi connectivity index (χ3v) is 2.08. The maximum absolute atomic E-state index is 10.6. The van der Waals surface area contributed by atoms with Gasteiger partial charge in [0, 0.05) is 17.3 Å². The smallest absolute Gasteiger partial charge is 0.339 e. The Labute approximate surface area is 95.9 Å². The second kappa shape index (κ2) is 5.42. The summed E-state index contributed by atoms with van der Waals surface area (Å²) in [5, 5.41) is 18.8. The monoisotopic (exact) mass is 268 g/mol.